The van der Waals surface area contributed by atoms with Crippen molar-refractivity contribution in [2.75, 3.05) is 14.1 Å². The third-order valence-electron chi connectivity index (χ3n) is 8.73. The molecule has 1 aromatic rings. The van der Waals surface area contributed by atoms with Crippen LogP contribution in [0.3, 0.4) is 0 Å². The number of ketones is 2. The van der Waals surface area contributed by atoms with Crippen LogP contribution in [0, 0.1) is 11.8 Å². The zero-order chi connectivity index (χ0) is 28.6. The zero-order valence-corrected chi connectivity index (χ0v) is 22.4. The van der Waals surface area contributed by atoms with Gasteiger partial charge in [-0.05, 0) is 37.4 Å². The monoisotopic (exact) mass is 528 g/mol. The van der Waals surface area contributed by atoms with Crippen LogP contribution in [-0.4, -0.2) is 79.7 Å². The third kappa shape index (κ3) is 3.47. The number of aliphatic hydroxyl groups excluding tert-OH is 3. The van der Waals surface area contributed by atoms with Gasteiger partial charge in [0.1, 0.15) is 22.8 Å². The molecule has 0 heterocycles. The lowest BCUT2D eigenvalue weighted by molar-refractivity contribution is -0.169. The molecule has 206 valence electrons. The van der Waals surface area contributed by atoms with Crippen molar-refractivity contribution in [2.24, 2.45) is 17.6 Å². The van der Waals surface area contributed by atoms with Crippen LogP contribution in [-0.2, 0) is 19.8 Å². The van der Waals surface area contributed by atoms with Crippen LogP contribution >= 0.6 is 0 Å². The quantitative estimate of drug-likeness (QED) is 0.309. The van der Waals surface area contributed by atoms with Crippen molar-refractivity contribution in [1.29, 1.82) is 0 Å². The predicted molar refractivity (Wildman–Crippen MR) is 138 cm³/mol. The number of Topliss-reactive ketones (excluding diaryl/α,β-unsaturated/α-hetero) is 2. The van der Waals surface area contributed by atoms with Crippen molar-refractivity contribution >= 4 is 23.2 Å². The lowest BCUT2D eigenvalue weighted by atomic mass is 9.54. The van der Waals surface area contributed by atoms with E-state index < -0.39 is 75.5 Å². The van der Waals surface area contributed by atoms with Crippen molar-refractivity contribution in [1.82, 2.24) is 4.90 Å². The van der Waals surface area contributed by atoms with Crippen molar-refractivity contribution in [2.45, 2.75) is 69.6 Å². The van der Waals surface area contributed by atoms with Crippen LogP contribution in [0.1, 0.15) is 63.1 Å². The molecule has 10 nitrogen and oxygen atoms in total. The molecule has 10 heteroatoms. The van der Waals surface area contributed by atoms with Gasteiger partial charge in [-0.3, -0.25) is 19.3 Å². The number of hydrogen-bond acceptors (Lipinski definition) is 9. The molecule has 1 aromatic carbocycles. The van der Waals surface area contributed by atoms with E-state index in [1.807, 2.05) is 20.8 Å². The molecule has 0 aromatic heterocycles. The van der Waals surface area contributed by atoms with Gasteiger partial charge in [-0.15, -0.1) is 0 Å². The molecule has 0 aliphatic heterocycles. The number of carbonyl (C=O) groups is 3. The summed E-state index contributed by atoms with van der Waals surface area (Å²) in [7, 11) is 2.95. The Labute approximate surface area is 221 Å². The first-order valence-corrected chi connectivity index (χ1v) is 12.7. The molecule has 1 saturated carbocycles. The summed E-state index contributed by atoms with van der Waals surface area (Å²) in [5, 5.41) is 57.2. The minimum atomic E-state index is -2.92. The molecular formula is C28H36N2O8. The van der Waals surface area contributed by atoms with Crippen LogP contribution in [0.2, 0.25) is 0 Å². The van der Waals surface area contributed by atoms with E-state index in [9.17, 15) is 39.9 Å². The second-order valence-electron chi connectivity index (χ2n) is 11.6. The molecule has 0 bridgehead atoms. The maximum Gasteiger partial charge on any atom is 0.255 e. The van der Waals surface area contributed by atoms with Gasteiger partial charge in [-0.1, -0.05) is 46.2 Å². The first-order valence-electron chi connectivity index (χ1n) is 12.7. The predicted octanol–water partition coefficient (Wildman–Crippen LogP) is 1.57. The van der Waals surface area contributed by atoms with Crippen LogP contribution < -0.4 is 5.73 Å². The number of aromatic hydroxyl groups is 1. The van der Waals surface area contributed by atoms with Crippen LogP contribution in [0.5, 0.6) is 5.75 Å². The standard InChI is InChI=1S/C28H36N2O8/c1-7-10-27(3,4)13-9-8-12-11(2)14-16(21(32)15(12)20(13)31)24(35)28(38)18(22(14)33)19(30(5)6)23(34)17(25(28)36)26(29)37/h8-9,11,14,18-19,22,31-33,36,38H,7,10H2,1-6H3,(H2,29,37)/t11-,14+,18+,19-,22-,28-/m0/s1. The van der Waals surface area contributed by atoms with Crippen LogP contribution in [0.4, 0.5) is 0 Å². The number of carbonyl (C=O) groups excluding carboxylic acids is 3. The fourth-order valence-electron chi connectivity index (χ4n) is 6.92. The largest absolute Gasteiger partial charge is 0.508 e. The maximum absolute atomic E-state index is 14.0. The van der Waals surface area contributed by atoms with Gasteiger partial charge in [0.15, 0.2) is 11.4 Å². The van der Waals surface area contributed by atoms with E-state index in [2.05, 4.69) is 0 Å². The number of primary amides is 1. The van der Waals surface area contributed by atoms with Gasteiger partial charge in [0.2, 0.25) is 5.78 Å². The summed E-state index contributed by atoms with van der Waals surface area (Å²) < 4.78 is 0. The van der Waals surface area contributed by atoms with Crippen molar-refractivity contribution in [3.05, 3.63) is 45.7 Å². The van der Waals surface area contributed by atoms with E-state index in [-0.39, 0.29) is 16.9 Å². The highest BCUT2D eigenvalue weighted by atomic mass is 16.4. The highest BCUT2D eigenvalue weighted by molar-refractivity contribution is 6.24. The molecule has 3 aliphatic carbocycles. The normalized spacial score (nSPS) is 31.3. The molecule has 1 fully saturated rings. The van der Waals surface area contributed by atoms with Crippen molar-refractivity contribution in [3.63, 3.8) is 0 Å². The third-order valence-corrected chi connectivity index (χ3v) is 8.73. The van der Waals surface area contributed by atoms with Gasteiger partial charge >= 0.3 is 0 Å². The van der Waals surface area contributed by atoms with Gasteiger partial charge in [0, 0.05) is 17.1 Å². The van der Waals surface area contributed by atoms with Crippen molar-refractivity contribution < 1.29 is 39.9 Å². The molecule has 0 unspecified atom stereocenters. The summed E-state index contributed by atoms with van der Waals surface area (Å²) in [6.45, 7) is 7.63. The van der Waals surface area contributed by atoms with Gasteiger partial charge in [-0.25, -0.2) is 0 Å². The summed E-state index contributed by atoms with van der Waals surface area (Å²) in [5.74, 6) is -8.79. The summed E-state index contributed by atoms with van der Waals surface area (Å²) >= 11 is 0. The van der Waals surface area contributed by atoms with Crippen LogP contribution in [0.15, 0.2) is 29.0 Å². The Hall–Kier alpha value is -3.21. The number of aliphatic hydroxyl groups is 4. The number of likely N-dealkylation sites (N-methyl/N-ethyl adjacent to an activating group) is 1. The Kier molecular flexibility index (Phi) is 6.54. The second-order valence-corrected chi connectivity index (χ2v) is 11.6. The Morgan fingerprint density at radius 2 is 1.76 bits per heavy atom. The van der Waals surface area contributed by atoms with E-state index in [0.29, 0.717) is 11.1 Å². The van der Waals surface area contributed by atoms with E-state index in [4.69, 9.17) is 5.73 Å². The molecule has 3 aliphatic rings. The van der Waals surface area contributed by atoms with E-state index in [0.717, 1.165) is 12.8 Å². The van der Waals surface area contributed by atoms with Gasteiger partial charge in [0.25, 0.3) is 5.91 Å². The lowest BCUT2D eigenvalue weighted by Crippen LogP contribution is -2.70. The second kappa shape index (κ2) is 8.93. The van der Waals surface area contributed by atoms with Gasteiger partial charge in [0.05, 0.1) is 23.6 Å². The number of nitrogens with zero attached hydrogens (tertiary/aromatic N) is 1. The highest BCUT2D eigenvalue weighted by Crippen LogP contribution is 2.57. The number of benzene rings is 1. The average Bonchev–Trinajstić information content (AvgIpc) is 2.80. The zero-order valence-electron chi connectivity index (χ0n) is 22.4. The number of fused-ring (bicyclic) bond motifs is 3. The Morgan fingerprint density at radius 1 is 1.16 bits per heavy atom. The van der Waals surface area contributed by atoms with Gasteiger partial charge in [-0.2, -0.15) is 0 Å². The minimum Gasteiger partial charge on any atom is -0.508 e. The molecule has 0 radical (unpaired) electrons. The molecule has 4 rings (SSSR count). The number of amides is 1. The first-order chi connectivity index (χ1) is 17.5. The number of rotatable bonds is 5. The Bertz CT molecular complexity index is 1310. The lowest BCUT2D eigenvalue weighted by Gasteiger charge is -2.53. The molecule has 7 N–H and O–H groups in total. The smallest absolute Gasteiger partial charge is 0.255 e. The molecule has 38 heavy (non-hydrogen) atoms. The number of phenols is 1. The minimum absolute atomic E-state index is 0.0164. The Balaban J connectivity index is 2.03. The van der Waals surface area contributed by atoms with E-state index >= 15 is 0 Å². The van der Waals surface area contributed by atoms with Crippen LogP contribution in [0.25, 0.3) is 5.76 Å². The van der Waals surface area contributed by atoms with Gasteiger partial charge < -0.3 is 31.3 Å². The molecule has 6 atom stereocenters. The number of nitrogens with two attached hydrogens (primary N) is 1. The summed E-state index contributed by atoms with van der Waals surface area (Å²) in [4.78, 5) is 40.7. The SMILES string of the molecule is CCCC(C)(C)c1ccc2c(c1O)C(O)=C1C(=O)[C@]3(O)C(O)=C(C(N)=O)C(=O)[C@@H](N(C)C)[C@@H]3[C@@H](O)[C@@H]1[C@H]2C. The maximum atomic E-state index is 14.0. The summed E-state index contributed by atoms with van der Waals surface area (Å²) in [6.07, 6.45) is -0.0276. The highest BCUT2D eigenvalue weighted by Gasteiger charge is 2.68. The molecular weight excluding hydrogens is 492 g/mol. The Morgan fingerprint density at radius 3 is 2.29 bits per heavy atom. The molecule has 0 saturated heterocycles. The summed E-state index contributed by atoms with van der Waals surface area (Å²) in [6, 6.07) is 2.14. The number of phenolic OH excluding ortho intramolecular Hbond substituents is 1. The number of hydrogen-bond donors (Lipinski definition) is 6. The average molecular weight is 529 g/mol. The topological polar surface area (TPSA) is 182 Å². The fraction of sp³-hybridized carbons (Fsp3) is 0.536. The van der Waals surface area contributed by atoms with E-state index in [1.54, 1.807) is 19.1 Å². The van der Waals surface area contributed by atoms with Crippen molar-refractivity contribution in [3.8, 4) is 5.75 Å². The summed E-state index contributed by atoms with van der Waals surface area (Å²) in [5.41, 5.74) is 1.71. The fourth-order valence-corrected chi connectivity index (χ4v) is 6.92. The first kappa shape index (κ1) is 27.8. The molecule has 0 spiro atoms. The molecule has 1 amide bonds. The van der Waals surface area contributed by atoms with E-state index in [1.165, 1.54) is 19.0 Å².